The van der Waals surface area contributed by atoms with Crippen LogP contribution in [0, 0.1) is 19.3 Å². The number of aromatic nitrogens is 1. The average Bonchev–Trinajstić information content (AvgIpc) is 2.35. The van der Waals surface area contributed by atoms with E-state index in [2.05, 4.69) is 25.4 Å². The van der Waals surface area contributed by atoms with E-state index < -0.39 is 0 Å². The molecule has 0 aliphatic heterocycles. The molecule has 0 N–H and O–H groups in total. The van der Waals surface area contributed by atoms with Gasteiger partial charge in [0.25, 0.3) is 0 Å². The maximum absolute atomic E-state index is 12.2. The number of amides is 1. The molecule has 0 unspecified atom stereocenters. The molecule has 4 heteroatoms. The highest BCUT2D eigenvalue weighted by molar-refractivity contribution is 6.01. The Morgan fingerprint density at radius 3 is 2.60 bits per heavy atom. The number of methoxy groups -OCH3 is 1. The Balaban J connectivity index is 3.13. The van der Waals surface area contributed by atoms with E-state index in [0.717, 1.165) is 17.1 Å². The van der Waals surface area contributed by atoms with E-state index in [4.69, 9.17) is 4.74 Å². The molecule has 1 heterocycles. The zero-order chi connectivity index (χ0) is 15.3. The van der Waals surface area contributed by atoms with Gasteiger partial charge in [-0.05, 0) is 32.1 Å². The SMILES string of the molecule is C=CC(=O)N(CC(C)(C)COC)c1ccc(C)nc1C. The lowest BCUT2D eigenvalue weighted by molar-refractivity contribution is -0.114. The van der Waals surface area contributed by atoms with Crippen molar-refractivity contribution >= 4 is 11.6 Å². The molecule has 0 aromatic carbocycles. The van der Waals surface area contributed by atoms with Crippen LogP contribution < -0.4 is 4.90 Å². The number of nitrogens with zero attached hydrogens (tertiary/aromatic N) is 2. The number of carbonyl (C=O) groups is 1. The fourth-order valence-electron chi connectivity index (χ4n) is 2.22. The Labute approximate surface area is 121 Å². The van der Waals surface area contributed by atoms with Crippen molar-refractivity contribution in [2.24, 2.45) is 5.41 Å². The number of hydrogen-bond donors (Lipinski definition) is 0. The van der Waals surface area contributed by atoms with Gasteiger partial charge < -0.3 is 9.64 Å². The van der Waals surface area contributed by atoms with Crippen molar-refractivity contribution < 1.29 is 9.53 Å². The van der Waals surface area contributed by atoms with Gasteiger partial charge in [0.2, 0.25) is 5.91 Å². The molecule has 1 amide bonds. The van der Waals surface area contributed by atoms with Gasteiger partial charge in [-0.2, -0.15) is 0 Å². The monoisotopic (exact) mass is 276 g/mol. The highest BCUT2D eigenvalue weighted by atomic mass is 16.5. The van der Waals surface area contributed by atoms with Crippen molar-refractivity contribution in [3.8, 4) is 0 Å². The van der Waals surface area contributed by atoms with Crippen molar-refractivity contribution in [2.45, 2.75) is 27.7 Å². The van der Waals surface area contributed by atoms with Crippen LogP contribution >= 0.6 is 0 Å². The smallest absolute Gasteiger partial charge is 0.250 e. The third-order valence-corrected chi connectivity index (χ3v) is 3.05. The first-order chi connectivity index (χ1) is 9.30. The largest absolute Gasteiger partial charge is 0.384 e. The van der Waals surface area contributed by atoms with Crippen molar-refractivity contribution in [2.75, 3.05) is 25.2 Å². The Kier molecular flexibility index (Phi) is 5.45. The molecule has 0 saturated carbocycles. The van der Waals surface area contributed by atoms with E-state index in [-0.39, 0.29) is 11.3 Å². The minimum absolute atomic E-state index is 0.122. The number of hydrogen-bond acceptors (Lipinski definition) is 3. The second kappa shape index (κ2) is 6.66. The number of carbonyl (C=O) groups excluding carboxylic acids is 1. The topological polar surface area (TPSA) is 42.4 Å². The Hall–Kier alpha value is -1.68. The molecule has 1 rings (SSSR count). The van der Waals surface area contributed by atoms with Gasteiger partial charge in [0.15, 0.2) is 0 Å². The highest BCUT2D eigenvalue weighted by Crippen LogP contribution is 2.25. The summed E-state index contributed by atoms with van der Waals surface area (Å²) in [6, 6.07) is 3.84. The van der Waals surface area contributed by atoms with Gasteiger partial charge in [0.1, 0.15) is 0 Å². The van der Waals surface area contributed by atoms with Crippen LogP contribution in [0.2, 0.25) is 0 Å². The lowest BCUT2D eigenvalue weighted by Crippen LogP contribution is -2.40. The second-order valence-electron chi connectivity index (χ2n) is 5.78. The second-order valence-corrected chi connectivity index (χ2v) is 5.78. The number of rotatable bonds is 6. The quantitative estimate of drug-likeness (QED) is 0.750. The van der Waals surface area contributed by atoms with E-state index in [9.17, 15) is 4.79 Å². The Morgan fingerprint density at radius 2 is 2.10 bits per heavy atom. The summed E-state index contributed by atoms with van der Waals surface area (Å²) in [6.07, 6.45) is 1.34. The molecule has 0 radical (unpaired) electrons. The molecule has 20 heavy (non-hydrogen) atoms. The lowest BCUT2D eigenvalue weighted by Gasteiger charge is -2.32. The van der Waals surface area contributed by atoms with E-state index in [1.165, 1.54) is 6.08 Å². The van der Waals surface area contributed by atoms with Crippen LogP contribution in [0.5, 0.6) is 0 Å². The zero-order valence-electron chi connectivity index (χ0n) is 13.1. The Bertz CT molecular complexity index is 495. The van der Waals surface area contributed by atoms with E-state index in [1.54, 1.807) is 12.0 Å². The first-order valence-corrected chi connectivity index (χ1v) is 6.68. The maximum Gasteiger partial charge on any atom is 0.250 e. The minimum Gasteiger partial charge on any atom is -0.384 e. The molecule has 1 aromatic rings. The average molecular weight is 276 g/mol. The summed E-state index contributed by atoms with van der Waals surface area (Å²) < 4.78 is 5.23. The fraction of sp³-hybridized carbons (Fsp3) is 0.500. The van der Waals surface area contributed by atoms with Crippen LogP contribution in [0.3, 0.4) is 0 Å². The summed E-state index contributed by atoms with van der Waals surface area (Å²) in [5, 5.41) is 0. The molecule has 0 aliphatic rings. The summed E-state index contributed by atoms with van der Waals surface area (Å²) in [6.45, 7) is 12.7. The molecule has 0 atom stereocenters. The molecule has 0 fully saturated rings. The molecule has 0 spiro atoms. The summed E-state index contributed by atoms with van der Waals surface area (Å²) in [7, 11) is 1.67. The van der Waals surface area contributed by atoms with Gasteiger partial charge in [0.05, 0.1) is 18.0 Å². The lowest BCUT2D eigenvalue weighted by atomic mass is 9.93. The maximum atomic E-state index is 12.2. The van der Waals surface area contributed by atoms with Crippen molar-refractivity contribution in [1.29, 1.82) is 0 Å². The first-order valence-electron chi connectivity index (χ1n) is 6.68. The van der Waals surface area contributed by atoms with E-state index in [0.29, 0.717) is 13.2 Å². The van der Waals surface area contributed by atoms with Crippen LogP contribution in [-0.4, -0.2) is 31.2 Å². The summed E-state index contributed by atoms with van der Waals surface area (Å²) in [5.74, 6) is -0.122. The van der Waals surface area contributed by atoms with Crippen LogP contribution in [0.25, 0.3) is 0 Å². The third kappa shape index (κ3) is 4.17. The van der Waals surface area contributed by atoms with E-state index in [1.807, 2.05) is 26.0 Å². The predicted octanol–water partition coefficient (Wildman–Crippen LogP) is 2.89. The molecule has 110 valence electrons. The number of aryl methyl sites for hydroxylation is 2. The van der Waals surface area contributed by atoms with E-state index >= 15 is 0 Å². The van der Waals surface area contributed by atoms with Crippen molar-refractivity contribution in [3.63, 3.8) is 0 Å². The van der Waals surface area contributed by atoms with Crippen LogP contribution in [0.15, 0.2) is 24.8 Å². The molecular formula is C16H24N2O2. The number of anilines is 1. The van der Waals surface area contributed by atoms with Gasteiger partial charge in [-0.15, -0.1) is 0 Å². The van der Waals surface area contributed by atoms with Crippen LogP contribution in [0.1, 0.15) is 25.2 Å². The highest BCUT2D eigenvalue weighted by Gasteiger charge is 2.26. The van der Waals surface area contributed by atoms with Gasteiger partial charge >= 0.3 is 0 Å². The standard InChI is InChI=1S/C16H24N2O2/c1-7-15(19)18(10-16(4,5)11-20-6)14-9-8-12(2)17-13(14)3/h7-9H,1,10-11H2,2-6H3. The minimum atomic E-state index is -0.148. The molecule has 0 aliphatic carbocycles. The fourth-order valence-corrected chi connectivity index (χ4v) is 2.22. The Morgan fingerprint density at radius 1 is 1.45 bits per heavy atom. The van der Waals surface area contributed by atoms with Gasteiger partial charge in [-0.3, -0.25) is 9.78 Å². The van der Waals surface area contributed by atoms with Crippen LogP contribution in [-0.2, 0) is 9.53 Å². The normalized spacial score (nSPS) is 11.2. The number of ether oxygens (including phenoxy) is 1. The first kappa shape index (κ1) is 16.4. The molecule has 1 aromatic heterocycles. The van der Waals surface area contributed by atoms with Crippen LogP contribution in [0.4, 0.5) is 5.69 Å². The van der Waals surface area contributed by atoms with Gasteiger partial charge in [0, 0.05) is 24.8 Å². The third-order valence-electron chi connectivity index (χ3n) is 3.05. The summed E-state index contributed by atoms with van der Waals surface area (Å²) in [5.41, 5.74) is 2.46. The van der Waals surface area contributed by atoms with Crippen molar-refractivity contribution in [1.82, 2.24) is 4.98 Å². The summed E-state index contributed by atoms with van der Waals surface area (Å²) in [4.78, 5) is 18.3. The van der Waals surface area contributed by atoms with Gasteiger partial charge in [-0.25, -0.2) is 0 Å². The predicted molar refractivity (Wildman–Crippen MR) is 81.9 cm³/mol. The molecule has 0 saturated heterocycles. The van der Waals surface area contributed by atoms with Crippen molar-refractivity contribution in [3.05, 3.63) is 36.2 Å². The number of pyridine rings is 1. The van der Waals surface area contributed by atoms with Gasteiger partial charge in [-0.1, -0.05) is 20.4 Å². The summed E-state index contributed by atoms with van der Waals surface area (Å²) >= 11 is 0. The zero-order valence-corrected chi connectivity index (χ0v) is 13.1. The molecule has 4 nitrogen and oxygen atoms in total. The molecular weight excluding hydrogens is 252 g/mol. The molecule has 0 bridgehead atoms.